The summed E-state index contributed by atoms with van der Waals surface area (Å²) in [6.45, 7) is 5.69. The van der Waals surface area contributed by atoms with Gasteiger partial charge in [0.1, 0.15) is 0 Å². The molecule has 4 nitrogen and oxygen atoms in total. The lowest BCUT2D eigenvalue weighted by Crippen LogP contribution is -2.14. The van der Waals surface area contributed by atoms with Crippen LogP contribution in [-0.4, -0.2) is 22.2 Å². The van der Waals surface area contributed by atoms with Gasteiger partial charge < -0.3 is 10.2 Å². The van der Waals surface area contributed by atoms with Crippen molar-refractivity contribution >= 4 is 11.9 Å². The fraction of sp³-hybridized carbons (Fsp3) is 0.625. The topological polar surface area (TPSA) is 74.6 Å². The second-order valence-corrected chi connectivity index (χ2v) is 4.85. The molecule has 0 aromatic rings. The quantitative estimate of drug-likeness (QED) is 0.358. The third kappa shape index (κ3) is 6.04. The van der Waals surface area contributed by atoms with E-state index < -0.39 is 11.9 Å². The number of rotatable bonds is 10. The number of carbonyl (C=O) groups is 2. The van der Waals surface area contributed by atoms with E-state index in [1.807, 2.05) is 6.92 Å². The van der Waals surface area contributed by atoms with Crippen molar-refractivity contribution in [3.63, 3.8) is 0 Å². The third-order valence-corrected chi connectivity index (χ3v) is 3.27. The second-order valence-electron chi connectivity index (χ2n) is 4.85. The molecule has 0 amide bonds. The van der Waals surface area contributed by atoms with Crippen LogP contribution in [0.3, 0.4) is 0 Å². The Labute approximate surface area is 121 Å². The van der Waals surface area contributed by atoms with E-state index in [1.165, 1.54) is 6.08 Å². The lowest BCUT2D eigenvalue weighted by atomic mass is 9.92. The highest BCUT2D eigenvalue weighted by atomic mass is 16.4. The zero-order chi connectivity index (χ0) is 15.5. The molecule has 0 bridgehead atoms. The van der Waals surface area contributed by atoms with Gasteiger partial charge in [0.25, 0.3) is 0 Å². The van der Waals surface area contributed by atoms with Crippen molar-refractivity contribution in [1.82, 2.24) is 0 Å². The van der Waals surface area contributed by atoms with Crippen molar-refractivity contribution in [2.24, 2.45) is 0 Å². The standard InChI is InChI=1S/C16H26O4/c1-4-7-9-11-12(10-8-5-2)14(16(19)20)13(6-3)15(17)18/h6H,4-5,7-11H2,1-3H3,(H,17,18)(H,19,20). The Hall–Kier alpha value is -1.58. The monoisotopic (exact) mass is 282 g/mol. The molecule has 0 aliphatic heterocycles. The molecule has 20 heavy (non-hydrogen) atoms. The van der Waals surface area contributed by atoms with Gasteiger partial charge in [-0.15, -0.1) is 0 Å². The Balaban J connectivity index is 5.49. The van der Waals surface area contributed by atoms with Crippen molar-refractivity contribution in [2.45, 2.75) is 65.7 Å². The molecular formula is C16H26O4. The fourth-order valence-corrected chi connectivity index (χ4v) is 2.19. The van der Waals surface area contributed by atoms with Crippen molar-refractivity contribution in [3.8, 4) is 0 Å². The van der Waals surface area contributed by atoms with Gasteiger partial charge in [-0.25, -0.2) is 9.59 Å². The van der Waals surface area contributed by atoms with Crippen LogP contribution in [0, 0.1) is 0 Å². The van der Waals surface area contributed by atoms with E-state index in [4.69, 9.17) is 0 Å². The van der Waals surface area contributed by atoms with Crippen LogP contribution >= 0.6 is 0 Å². The molecule has 0 heterocycles. The molecule has 0 aliphatic carbocycles. The summed E-state index contributed by atoms with van der Waals surface area (Å²) in [5, 5.41) is 18.6. The van der Waals surface area contributed by atoms with Crippen molar-refractivity contribution in [1.29, 1.82) is 0 Å². The summed E-state index contributed by atoms with van der Waals surface area (Å²) in [5.74, 6) is -2.31. The molecule has 0 aromatic carbocycles. The summed E-state index contributed by atoms with van der Waals surface area (Å²) in [5.41, 5.74) is 0.660. The number of allylic oxidation sites excluding steroid dienone is 2. The minimum atomic E-state index is -1.17. The summed E-state index contributed by atoms with van der Waals surface area (Å²) in [4.78, 5) is 22.7. The number of hydrogen-bond acceptors (Lipinski definition) is 2. The molecule has 0 spiro atoms. The number of hydrogen-bond donors (Lipinski definition) is 2. The summed E-state index contributed by atoms with van der Waals surface area (Å²) in [6.07, 6.45) is 7.53. The Morgan fingerprint density at radius 3 is 1.85 bits per heavy atom. The summed E-state index contributed by atoms with van der Waals surface area (Å²) < 4.78 is 0. The molecule has 0 rings (SSSR count). The molecule has 4 heteroatoms. The minimum Gasteiger partial charge on any atom is -0.478 e. The van der Waals surface area contributed by atoms with E-state index in [9.17, 15) is 19.8 Å². The van der Waals surface area contributed by atoms with Crippen LogP contribution in [0.15, 0.2) is 22.8 Å². The third-order valence-electron chi connectivity index (χ3n) is 3.27. The van der Waals surface area contributed by atoms with Crippen LogP contribution in [0.2, 0.25) is 0 Å². The smallest absolute Gasteiger partial charge is 0.336 e. The highest BCUT2D eigenvalue weighted by molar-refractivity contribution is 6.06. The number of unbranched alkanes of at least 4 members (excludes halogenated alkanes) is 3. The van der Waals surface area contributed by atoms with Gasteiger partial charge in [-0.05, 0) is 32.6 Å². The zero-order valence-corrected chi connectivity index (χ0v) is 12.7. The van der Waals surface area contributed by atoms with Gasteiger partial charge in [0.2, 0.25) is 0 Å². The zero-order valence-electron chi connectivity index (χ0n) is 12.7. The van der Waals surface area contributed by atoms with Gasteiger partial charge in [0.15, 0.2) is 0 Å². The summed E-state index contributed by atoms with van der Waals surface area (Å²) in [7, 11) is 0. The van der Waals surface area contributed by atoms with Crippen molar-refractivity contribution in [3.05, 3.63) is 22.8 Å². The van der Waals surface area contributed by atoms with E-state index in [-0.39, 0.29) is 11.1 Å². The Morgan fingerprint density at radius 2 is 1.45 bits per heavy atom. The van der Waals surface area contributed by atoms with Crippen molar-refractivity contribution in [2.75, 3.05) is 0 Å². The lowest BCUT2D eigenvalue weighted by molar-refractivity contribution is -0.136. The summed E-state index contributed by atoms with van der Waals surface area (Å²) >= 11 is 0. The molecule has 0 fully saturated rings. The van der Waals surface area contributed by atoms with Crippen LogP contribution in [-0.2, 0) is 9.59 Å². The molecule has 114 valence electrons. The summed E-state index contributed by atoms with van der Waals surface area (Å²) in [6, 6.07) is 0. The SMILES string of the molecule is CC=C(C(=O)O)C(C(=O)O)=C(CCCC)CCCCC. The molecular weight excluding hydrogens is 256 g/mol. The van der Waals surface area contributed by atoms with Gasteiger partial charge in [0.05, 0.1) is 11.1 Å². The largest absolute Gasteiger partial charge is 0.478 e. The second kappa shape index (κ2) is 10.2. The van der Waals surface area contributed by atoms with E-state index in [1.54, 1.807) is 6.92 Å². The predicted octanol–water partition coefficient (Wildman–Crippen LogP) is 4.17. The van der Waals surface area contributed by atoms with Crippen molar-refractivity contribution < 1.29 is 19.8 Å². The normalized spacial score (nSPS) is 13.1. The van der Waals surface area contributed by atoms with E-state index in [0.29, 0.717) is 12.8 Å². The van der Waals surface area contributed by atoms with Crippen LogP contribution < -0.4 is 0 Å². The van der Waals surface area contributed by atoms with Gasteiger partial charge in [-0.2, -0.15) is 0 Å². The Kier molecular flexibility index (Phi) is 9.43. The van der Waals surface area contributed by atoms with Crippen LogP contribution in [0.4, 0.5) is 0 Å². The van der Waals surface area contributed by atoms with Crippen LogP contribution in [0.5, 0.6) is 0 Å². The molecule has 0 atom stereocenters. The number of aliphatic carboxylic acids is 2. The van der Waals surface area contributed by atoms with Crippen LogP contribution in [0.25, 0.3) is 0 Å². The molecule has 0 saturated carbocycles. The van der Waals surface area contributed by atoms with E-state index in [2.05, 4.69) is 6.92 Å². The number of carboxylic acids is 2. The molecule has 0 radical (unpaired) electrons. The molecule has 0 aliphatic rings. The first-order valence-electron chi connectivity index (χ1n) is 7.34. The predicted molar refractivity (Wildman–Crippen MR) is 79.7 cm³/mol. The average Bonchev–Trinajstić information content (AvgIpc) is 2.39. The Bertz CT molecular complexity index is 391. The number of carboxylic acid groups (broad SMARTS) is 2. The first kappa shape index (κ1) is 18.4. The van der Waals surface area contributed by atoms with E-state index >= 15 is 0 Å². The molecule has 2 N–H and O–H groups in total. The highest BCUT2D eigenvalue weighted by Crippen LogP contribution is 2.25. The Morgan fingerprint density at radius 1 is 0.900 bits per heavy atom. The molecule has 0 aromatic heterocycles. The molecule has 0 unspecified atom stereocenters. The van der Waals surface area contributed by atoms with E-state index in [0.717, 1.165) is 37.7 Å². The average molecular weight is 282 g/mol. The highest BCUT2D eigenvalue weighted by Gasteiger charge is 2.22. The maximum Gasteiger partial charge on any atom is 0.336 e. The maximum atomic E-state index is 11.5. The first-order chi connectivity index (χ1) is 9.49. The van der Waals surface area contributed by atoms with Gasteiger partial charge in [-0.3, -0.25) is 0 Å². The molecule has 0 saturated heterocycles. The fourth-order valence-electron chi connectivity index (χ4n) is 2.19. The first-order valence-corrected chi connectivity index (χ1v) is 7.34. The van der Waals surface area contributed by atoms with Gasteiger partial charge in [0, 0.05) is 0 Å². The van der Waals surface area contributed by atoms with Crippen LogP contribution in [0.1, 0.15) is 65.7 Å². The maximum absolute atomic E-state index is 11.5. The minimum absolute atomic E-state index is 0.00967. The van der Waals surface area contributed by atoms with Gasteiger partial charge in [-0.1, -0.05) is 44.8 Å². The van der Waals surface area contributed by atoms with Gasteiger partial charge >= 0.3 is 11.9 Å². The lowest BCUT2D eigenvalue weighted by Gasteiger charge is -2.13.